The predicted molar refractivity (Wildman–Crippen MR) is 69.1 cm³/mol. The number of alkyl halides is 1. The number of pyridine rings is 1. The first-order valence-corrected chi connectivity index (χ1v) is 6.60. The molecule has 0 atom stereocenters. The van der Waals surface area contributed by atoms with E-state index >= 15 is 0 Å². The lowest BCUT2D eigenvalue weighted by molar-refractivity contribution is 0.0667. The van der Waals surface area contributed by atoms with Crippen LogP contribution in [0, 0.1) is 0 Å². The van der Waals surface area contributed by atoms with Crippen molar-refractivity contribution in [1.29, 1.82) is 0 Å². The zero-order chi connectivity index (χ0) is 11.4. The first-order valence-electron chi connectivity index (χ1n) is 5.27. The summed E-state index contributed by atoms with van der Waals surface area (Å²) in [5, 5.41) is 3.51. The minimum absolute atomic E-state index is 0.0519. The van der Waals surface area contributed by atoms with Crippen LogP contribution in [-0.2, 0) is 4.74 Å². The van der Waals surface area contributed by atoms with E-state index in [2.05, 4.69) is 26.2 Å². The minimum Gasteiger partial charge on any atom is -0.381 e. The number of hydrogen-bond acceptors (Lipinski definition) is 3. The van der Waals surface area contributed by atoms with Crippen molar-refractivity contribution in [3.63, 3.8) is 0 Å². The second kappa shape index (κ2) is 5.34. The van der Waals surface area contributed by atoms with Gasteiger partial charge in [0.15, 0.2) is 0 Å². The SMILES string of the molecule is ClCC1(Nc2ccncc2Br)CCOCC1. The van der Waals surface area contributed by atoms with Gasteiger partial charge in [-0.15, -0.1) is 11.6 Å². The molecule has 1 fully saturated rings. The lowest BCUT2D eigenvalue weighted by atomic mass is 9.92. The average molecular weight is 306 g/mol. The molecule has 0 bridgehead atoms. The zero-order valence-electron chi connectivity index (χ0n) is 8.88. The Hall–Kier alpha value is -0.320. The van der Waals surface area contributed by atoms with Gasteiger partial charge in [-0.2, -0.15) is 0 Å². The van der Waals surface area contributed by atoms with E-state index in [-0.39, 0.29) is 5.54 Å². The molecule has 0 unspecified atom stereocenters. The monoisotopic (exact) mass is 304 g/mol. The highest BCUT2D eigenvalue weighted by atomic mass is 79.9. The molecule has 2 heterocycles. The Bertz CT molecular complexity index is 356. The third kappa shape index (κ3) is 2.67. The van der Waals surface area contributed by atoms with Gasteiger partial charge >= 0.3 is 0 Å². The zero-order valence-corrected chi connectivity index (χ0v) is 11.2. The molecule has 0 aromatic carbocycles. The van der Waals surface area contributed by atoms with Gasteiger partial charge in [-0.1, -0.05) is 0 Å². The van der Waals surface area contributed by atoms with Gasteiger partial charge in [-0.3, -0.25) is 4.98 Å². The number of hydrogen-bond donors (Lipinski definition) is 1. The maximum absolute atomic E-state index is 6.09. The number of anilines is 1. The van der Waals surface area contributed by atoms with Crippen molar-refractivity contribution in [1.82, 2.24) is 4.98 Å². The van der Waals surface area contributed by atoms with Crippen LogP contribution in [0.4, 0.5) is 5.69 Å². The number of nitrogens with zero attached hydrogens (tertiary/aromatic N) is 1. The molecule has 3 nitrogen and oxygen atoms in total. The van der Waals surface area contributed by atoms with Crippen LogP contribution < -0.4 is 5.32 Å². The summed E-state index contributed by atoms with van der Waals surface area (Å²) in [4.78, 5) is 4.04. The van der Waals surface area contributed by atoms with E-state index in [4.69, 9.17) is 16.3 Å². The molecular formula is C11H14BrClN2O. The lowest BCUT2D eigenvalue weighted by Crippen LogP contribution is -2.45. The van der Waals surface area contributed by atoms with E-state index in [1.807, 2.05) is 6.07 Å². The van der Waals surface area contributed by atoms with Gasteiger partial charge in [-0.05, 0) is 34.8 Å². The Kier molecular flexibility index (Phi) is 4.05. The van der Waals surface area contributed by atoms with Crippen molar-refractivity contribution in [3.8, 4) is 0 Å². The summed E-state index contributed by atoms with van der Waals surface area (Å²) < 4.78 is 6.34. The predicted octanol–water partition coefficient (Wildman–Crippen LogP) is 3.04. The number of ether oxygens (including phenoxy) is 1. The van der Waals surface area contributed by atoms with Crippen LogP contribution in [0.15, 0.2) is 22.9 Å². The van der Waals surface area contributed by atoms with Crippen LogP contribution >= 0.6 is 27.5 Å². The summed E-state index contributed by atoms with van der Waals surface area (Å²) in [5.41, 5.74) is 0.987. The van der Waals surface area contributed by atoms with Crippen molar-refractivity contribution in [3.05, 3.63) is 22.9 Å². The molecule has 0 amide bonds. The van der Waals surface area contributed by atoms with E-state index in [9.17, 15) is 0 Å². The van der Waals surface area contributed by atoms with Gasteiger partial charge in [0.05, 0.1) is 15.7 Å². The van der Waals surface area contributed by atoms with E-state index in [1.54, 1.807) is 12.4 Å². The molecule has 88 valence electrons. The average Bonchev–Trinajstić information content (AvgIpc) is 2.33. The van der Waals surface area contributed by atoms with Crippen LogP contribution in [0.2, 0.25) is 0 Å². The summed E-state index contributed by atoms with van der Waals surface area (Å²) >= 11 is 9.57. The molecule has 1 N–H and O–H groups in total. The molecule has 5 heteroatoms. The molecule has 1 aliphatic heterocycles. The Morgan fingerprint density at radius 3 is 2.88 bits per heavy atom. The number of rotatable bonds is 3. The molecule has 0 radical (unpaired) electrons. The summed E-state index contributed by atoms with van der Waals surface area (Å²) in [6, 6.07) is 1.95. The fourth-order valence-electron chi connectivity index (χ4n) is 1.82. The second-order valence-corrected chi connectivity index (χ2v) is 5.13. The van der Waals surface area contributed by atoms with E-state index < -0.39 is 0 Å². The van der Waals surface area contributed by atoms with Gasteiger partial charge < -0.3 is 10.1 Å². The van der Waals surface area contributed by atoms with E-state index in [0.29, 0.717) is 5.88 Å². The van der Waals surface area contributed by atoms with E-state index in [0.717, 1.165) is 36.2 Å². The maximum atomic E-state index is 6.09. The van der Waals surface area contributed by atoms with Crippen LogP contribution in [0.25, 0.3) is 0 Å². The molecule has 0 spiro atoms. The quantitative estimate of drug-likeness (QED) is 0.872. The molecule has 0 saturated carbocycles. The Morgan fingerprint density at radius 2 is 2.25 bits per heavy atom. The first-order chi connectivity index (χ1) is 7.76. The molecule has 1 aromatic rings. The van der Waals surface area contributed by atoms with Gasteiger partial charge in [0.25, 0.3) is 0 Å². The third-order valence-electron chi connectivity index (χ3n) is 2.88. The molecule has 1 aromatic heterocycles. The van der Waals surface area contributed by atoms with Crippen molar-refractivity contribution in [2.75, 3.05) is 24.4 Å². The highest BCUT2D eigenvalue weighted by Crippen LogP contribution is 2.30. The second-order valence-electron chi connectivity index (χ2n) is 4.01. The van der Waals surface area contributed by atoms with Crippen molar-refractivity contribution < 1.29 is 4.74 Å². The van der Waals surface area contributed by atoms with Crippen molar-refractivity contribution in [2.45, 2.75) is 18.4 Å². The molecular weight excluding hydrogens is 291 g/mol. The standard InChI is InChI=1S/C11H14BrClN2O/c12-9-7-14-4-1-10(9)15-11(8-13)2-5-16-6-3-11/h1,4,7H,2-3,5-6,8H2,(H,14,15). The topological polar surface area (TPSA) is 34.2 Å². The highest BCUT2D eigenvalue weighted by molar-refractivity contribution is 9.10. The summed E-state index contributed by atoms with van der Waals surface area (Å²) in [7, 11) is 0. The van der Waals surface area contributed by atoms with E-state index in [1.165, 1.54) is 0 Å². The van der Waals surface area contributed by atoms with Crippen LogP contribution in [0.5, 0.6) is 0 Å². The van der Waals surface area contributed by atoms with Gasteiger partial charge in [0, 0.05) is 31.5 Å². The number of aromatic nitrogens is 1. The van der Waals surface area contributed by atoms with Crippen LogP contribution in [0.1, 0.15) is 12.8 Å². The lowest BCUT2D eigenvalue weighted by Gasteiger charge is -2.37. The number of nitrogens with one attached hydrogen (secondary N) is 1. The summed E-state index contributed by atoms with van der Waals surface area (Å²) in [5.74, 6) is 0.588. The highest BCUT2D eigenvalue weighted by Gasteiger charge is 2.31. The molecule has 16 heavy (non-hydrogen) atoms. The molecule has 1 saturated heterocycles. The van der Waals surface area contributed by atoms with Crippen LogP contribution in [-0.4, -0.2) is 29.6 Å². The summed E-state index contributed by atoms with van der Waals surface area (Å²) in [6.07, 6.45) is 5.43. The van der Waals surface area contributed by atoms with Crippen molar-refractivity contribution in [2.24, 2.45) is 0 Å². The molecule has 0 aliphatic carbocycles. The molecule has 2 rings (SSSR count). The van der Waals surface area contributed by atoms with Gasteiger partial charge in [0.1, 0.15) is 0 Å². The smallest absolute Gasteiger partial charge is 0.0590 e. The first kappa shape index (κ1) is 12.1. The number of halogens is 2. The largest absolute Gasteiger partial charge is 0.381 e. The Balaban J connectivity index is 2.15. The van der Waals surface area contributed by atoms with Gasteiger partial charge in [0.2, 0.25) is 0 Å². The van der Waals surface area contributed by atoms with Crippen LogP contribution in [0.3, 0.4) is 0 Å². The normalized spacial score (nSPS) is 19.4. The fraction of sp³-hybridized carbons (Fsp3) is 0.545. The maximum Gasteiger partial charge on any atom is 0.0590 e. The third-order valence-corrected chi connectivity index (χ3v) is 4.02. The molecule has 1 aliphatic rings. The minimum atomic E-state index is -0.0519. The van der Waals surface area contributed by atoms with Crippen molar-refractivity contribution >= 4 is 33.2 Å². The fourth-order valence-corrected chi connectivity index (χ4v) is 2.50. The summed E-state index contributed by atoms with van der Waals surface area (Å²) in [6.45, 7) is 1.53. The Labute approximate surface area is 109 Å². The Morgan fingerprint density at radius 1 is 1.50 bits per heavy atom. The van der Waals surface area contributed by atoms with Gasteiger partial charge in [-0.25, -0.2) is 0 Å².